The van der Waals surface area contributed by atoms with E-state index in [0.29, 0.717) is 32.2 Å². The molecule has 0 saturated carbocycles. The molecule has 1 aromatic rings. The number of likely N-dealkylation sites (tertiary alicyclic amines) is 1. The molecule has 0 radical (unpaired) electrons. The predicted molar refractivity (Wildman–Crippen MR) is 115 cm³/mol. The van der Waals surface area contributed by atoms with E-state index in [1.165, 1.54) is 0 Å². The van der Waals surface area contributed by atoms with Crippen LogP contribution in [0.25, 0.3) is 5.70 Å². The fraction of sp³-hybridized carbons (Fsp3) is 0.609. The monoisotopic (exact) mass is 461 g/mol. The number of rotatable bonds is 11. The molecule has 0 aliphatic carbocycles. The molecule has 0 aromatic heterocycles. The van der Waals surface area contributed by atoms with Gasteiger partial charge in [-0.25, -0.2) is 8.78 Å². The second-order valence-corrected chi connectivity index (χ2v) is 8.21. The number of halogens is 5. The summed E-state index contributed by atoms with van der Waals surface area (Å²) in [5.74, 6) is 0.287. The van der Waals surface area contributed by atoms with E-state index in [1.807, 2.05) is 4.90 Å². The normalized spacial score (nSPS) is 15.3. The number of amides is 1. The summed E-state index contributed by atoms with van der Waals surface area (Å²) in [7, 11) is 0. The fourth-order valence-corrected chi connectivity index (χ4v) is 3.68. The number of carbonyl (C=O) groups is 1. The third-order valence-corrected chi connectivity index (χ3v) is 5.69. The number of nitrogens with zero attached hydrogens (tertiary/aromatic N) is 1. The Morgan fingerprint density at radius 3 is 2.47 bits per heavy atom. The number of unbranched alkanes of at least 4 members (excludes halogenated alkanes) is 2. The van der Waals surface area contributed by atoms with Crippen molar-refractivity contribution in [1.82, 2.24) is 15.5 Å². The highest BCUT2D eigenvalue weighted by Crippen LogP contribution is 2.34. The molecule has 1 saturated heterocycles. The van der Waals surface area contributed by atoms with Crippen LogP contribution in [-0.4, -0.2) is 43.5 Å². The molecule has 1 amide bonds. The highest BCUT2D eigenvalue weighted by molar-refractivity contribution is 5.78. The molecule has 2 rings (SSSR count). The van der Waals surface area contributed by atoms with Gasteiger partial charge in [-0.05, 0) is 55.5 Å². The fourth-order valence-electron chi connectivity index (χ4n) is 3.68. The van der Waals surface area contributed by atoms with Gasteiger partial charge in [-0.3, -0.25) is 4.79 Å². The lowest BCUT2D eigenvalue weighted by Gasteiger charge is -2.32. The van der Waals surface area contributed by atoms with Crippen LogP contribution in [0.15, 0.2) is 24.8 Å². The smallest absolute Gasteiger partial charge is 0.385 e. The number of hydrogen-bond acceptors (Lipinski definition) is 3. The zero-order valence-corrected chi connectivity index (χ0v) is 18.4. The minimum Gasteiger partial charge on any atom is -0.385 e. The van der Waals surface area contributed by atoms with E-state index in [4.69, 9.17) is 0 Å². The summed E-state index contributed by atoms with van der Waals surface area (Å²) in [6.45, 7) is 8.70. The Balaban J connectivity index is 1.82. The zero-order valence-electron chi connectivity index (χ0n) is 18.4. The van der Waals surface area contributed by atoms with Gasteiger partial charge < -0.3 is 15.5 Å². The Hall–Kier alpha value is -2.16. The summed E-state index contributed by atoms with van der Waals surface area (Å²) in [6.07, 6.45) is -2.90. The molecule has 0 spiro atoms. The van der Waals surface area contributed by atoms with Crippen LogP contribution >= 0.6 is 0 Å². The summed E-state index contributed by atoms with van der Waals surface area (Å²) < 4.78 is 65.2. The minimum atomic E-state index is -4.72. The lowest BCUT2D eigenvalue weighted by Crippen LogP contribution is -2.44. The lowest BCUT2D eigenvalue weighted by molar-refractivity contribution is -0.137. The van der Waals surface area contributed by atoms with Crippen LogP contribution in [0.4, 0.5) is 22.0 Å². The Morgan fingerprint density at radius 2 is 1.88 bits per heavy atom. The number of carbonyl (C=O) groups excluding carboxylic acids is 1. The van der Waals surface area contributed by atoms with Crippen molar-refractivity contribution in [1.29, 1.82) is 0 Å². The van der Waals surface area contributed by atoms with Crippen molar-refractivity contribution in [2.45, 2.75) is 51.6 Å². The van der Waals surface area contributed by atoms with E-state index in [0.717, 1.165) is 50.8 Å². The van der Waals surface area contributed by atoms with Gasteiger partial charge in [0.05, 0.1) is 12.1 Å². The highest BCUT2D eigenvalue weighted by Gasteiger charge is 2.32. The van der Waals surface area contributed by atoms with Gasteiger partial charge >= 0.3 is 6.18 Å². The van der Waals surface area contributed by atoms with Crippen molar-refractivity contribution in [3.05, 3.63) is 41.5 Å². The summed E-state index contributed by atoms with van der Waals surface area (Å²) in [4.78, 5) is 14.1. The molecular formula is C23H32F5N3O. The first-order chi connectivity index (χ1) is 15.1. The molecule has 0 bridgehead atoms. The number of nitrogens with one attached hydrogen (secondary N) is 2. The number of benzene rings is 1. The molecule has 0 atom stereocenters. The largest absolute Gasteiger partial charge is 0.416 e. The second-order valence-electron chi connectivity index (χ2n) is 8.21. The van der Waals surface area contributed by atoms with E-state index in [2.05, 4.69) is 24.1 Å². The summed E-state index contributed by atoms with van der Waals surface area (Å²) >= 11 is 0. The highest BCUT2D eigenvalue weighted by atomic mass is 19.4. The number of piperidine rings is 1. The van der Waals surface area contributed by atoms with E-state index in [1.54, 1.807) is 0 Å². The average molecular weight is 462 g/mol. The van der Waals surface area contributed by atoms with Crippen molar-refractivity contribution >= 4 is 11.6 Å². The average Bonchev–Trinajstić information content (AvgIpc) is 2.76. The van der Waals surface area contributed by atoms with Gasteiger partial charge in [-0.2, -0.15) is 13.2 Å². The van der Waals surface area contributed by atoms with Gasteiger partial charge in [0.1, 0.15) is 0 Å². The topological polar surface area (TPSA) is 44.4 Å². The maximum atomic E-state index is 13.1. The number of alkyl halides is 5. The minimum absolute atomic E-state index is 0.00288. The van der Waals surface area contributed by atoms with E-state index in [-0.39, 0.29) is 23.1 Å². The summed E-state index contributed by atoms with van der Waals surface area (Å²) in [5.41, 5.74) is -1.64. The third-order valence-electron chi connectivity index (χ3n) is 5.69. The Labute approximate surface area is 186 Å². The molecule has 180 valence electrons. The SMILES string of the molecule is C=C(NCC1CCN(C(=O)CNCCCCC)CC1)c1cc(C(F)F)cc(C(F)(F)F)c1. The quantitative estimate of drug-likeness (QED) is 0.351. The molecule has 4 nitrogen and oxygen atoms in total. The van der Waals surface area contributed by atoms with Gasteiger partial charge in [0.25, 0.3) is 6.43 Å². The molecule has 1 aliphatic heterocycles. The molecule has 1 heterocycles. The first-order valence-electron chi connectivity index (χ1n) is 11.0. The van der Waals surface area contributed by atoms with E-state index in [9.17, 15) is 26.7 Å². The van der Waals surface area contributed by atoms with Gasteiger partial charge in [-0.15, -0.1) is 0 Å². The Bertz CT molecular complexity index is 758. The molecule has 0 unspecified atom stereocenters. The number of hydrogen-bond donors (Lipinski definition) is 2. The summed E-state index contributed by atoms with van der Waals surface area (Å²) in [5, 5.41) is 6.15. The Morgan fingerprint density at radius 1 is 1.19 bits per heavy atom. The van der Waals surface area contributed by atoms with E-state index >= 15 is 0 Å². The molecular weight excluding hydrogens is 429 g/mol. The van der Waals surface area contributed by atoms with Crippen LogP contribution < -0.4 is 10.6 Å². The zero-order chi connectivity index (χ0) is 23.7. The van der Waals surface area contributed by atoms with Crippen LogP contribution in [0.1, 0.15) is 62.1 Å². The maximum absolute atomic E-state index is 13.1. The van der Waals surface area contributed by atoms with Crippen molar-refractivity contribution in [2.24, 2.45) is 5.92 Å². The molecule has 32 heavy (non-hydrogen) atoms. The van der Waals surface area contributed by atoms with Gasteiger partial charge in [-0.1, -0.05) is 26.3 Å². The molecule has 9 heteroatoms. The first kappa shape index (κ1) is 26.1. The predicted octanol–water partition coefficient (Wildman–Crippen LogP) is 5.22. The lowest BCUT2D eigenvalue weighted by atomic mass is 9.96. The molecule has 2 N–H and O–H groups in total. The van der Waals surface area contributed by atoms with Gasteiger partial charge in [0.15, 0.2) is 0 Å². The summed E-state index contributed by atoms with van der Waals surface area (Å²) in [6, 6.07) is 2.33. The van der Waals surface area contributed by atoms with Crippen LogP contribution in [0.2, 0.25) is 0 Å². The van der Waals surface area contributed by atoms with Gasteiger partial charge in [0.2, 0.25) is 5.91 Å². The van der Waals surface area contributed by atoms with Crippen molar-refractivity contribution in [3.8, 4) is 0 Å². The van der Waals surface area contributed by atoms with Crippen molar-refractivity contribution < 1.29 is 26.7 Å². The van der Waals surface area contributed by atoms with Crippen molar-refractivity contribution in [2.75, 3.05) is 32.7 Å². The van der Waals surface area contributed by atoms with E-state index < -0.39 is 23.7 Å². The Kier molecular flexibility index (Phi) is 9.93. The van der Waals surface area contributed by atoms with Crippen LogP contribution in [0.3, 0.4) is 0 Å². The van der Waals surface area contributed by atoms with Crippen LogP contribution in [0, 0.1) is 5.92 Å². The van der Waals surface area contributed by atoms with Gasteiger partial charge in [0, 0.05) is 30.9 Å². The molecule has 1 aliphatic rings. The standard InChI is InChI=1S/C23H32F5N3O/c1-3-4-5-8-29-15-21(32)31-9-6-17(7-10-31)14-30-16(2)18-11-19(22(24)25)13-20(12-18)23(26,27)28/h11-13,17,22,29-30H,2-10,14-15H2,1H3. The third kappa shape index (κ3) is 8.07. The molecule has 1 aromatic carbocycles. The van der Waals surface area contributed by atoms with Crippen LogP contribution in [0.5, 0.6) is 0 Å². The second kappa shape index (κ2) is 12.2. The van der Waals surface area contributed by atoms with Crippen molar-refractivity contribution in [3.63, 3.8) is 0 Å². The maximum Gasteiger partial charge on any atom is 0.416 e. The first-order valence-corrected chi connectivity index (χ1v) is 11.0. The molecule has 1 fully saturated rings. The van der Waals surface area contributed by atoms with Crippen LogP contribution in [-0.2, 0) is 11.0 Å².